The van der Waals surface area contributed by atoms with E-state index < -0.39 is 10.0 Å². The van der Waals surface area contributed by atoms with Crippen molar-refractivity contribution in [2.24, 2.45) is 5.73 Å². The van der Waals surface area contributed by atoms with E-state index in [2.05, 4.69) is 9.71 Å². The van der Waals surface area contributed by atoms with E-state index in [1.807, 2.05) is 5.38 Å². The van der Waals surface area contributed by atoms with Crippen molar-refractivity contribution in [1.29, 1.82) is 0 Å². The van der Waals surface area contributed by atoms with Gasteiger partial charge in [0.05, 0.1) is 12.1 Å². The summed E-state index contributed by atoms with van der Waals surface area (Å²) in [5.74, 6) is 0.300. The van der Waals surface area contributed by atoms with Crippen molar-refractivity contribution in [3.63, 3.8) is 0 Å². The Labute approximate surface area is 128 Å². The first-order valence-corrected chi connectivity index (χ1v) is 8.68. The third-order valence-electron chi connectivity index (χ3n) is 2.87. The van der Waals surface area contributed by atoms with Crippen LogP contribution in [0.2, 0.25) is 0 Å². The molecule has 0 aliphatic rings. The topological polar surface area (TPSA) is 94.3 Å². The molecule has 114 valence electrons. The molecule has 0 atom stereocenters. The molecule has 0 saturated carbocycles. The van der Waals surface area contributed by atoms with Crippen LogP contribution in [0.25, 0.3) is 0 Å². The summed E-state index contributed by atoms with van der Waals surface area (Å²) in [5.41, 5.74) is 6.29. The maximum atomic E-state index is 12.4. The van der Waals surface area contributed by atoms with Crippen LogP contribution in [-0.2, 0) is 23.0 Å². The van der Waals surface area contributed by atoms with E-state index in [1.54, 1.807) is 18.3 Å². The molecule has 0 unspecified atom stereocenters. The predicted molar refractivity (Wildman–Crippen MR) is 81.9 cm³/mol. The van der Waals surface area contributed by atoms with Crippen LogP contribution in [0.1, 0.15) is 10.6 Å². The molecule has 1 aromatic heterocycles. The number of rotatable bonds is 7. The van der Waals surface area contributed by atoms with Crippen LogP contribution in [0.3, 0.4) is 0 Å². The Balaban J connectivity index is 2.14. The van der Waals surface area contributed by atoms with Crippen molar-refractivity contribution in [2.75, 3.05) is 13.7 Å². The minimum absolute atomic E-state index is 0.104. The van der Waals surface area contributed by atoms with Crippen molar-refractivity contribution in [1.82, 2.24) is 9.71 Å². The molecule has 2 aromatic rings. The number of hydrogen-bond acceptors (Lipinski definition) is 6. The SMILES string of the molecule is COc1ccc(CN)cc1S(=O)(=O)NCCc1nccs1. The minimum Gasteiger partial charge on any atom is -0.495 e. The molecule has 2 rings (SSSR count). The first kappa shape index (κ1) is 15.9. The molecule has 1 heterocycles. The summed E-state index contributed by atoms with van der Waals surface area (Å²) in [6.07, 6.45) is 2.25. The second-order valence-corrected chi connectivity index (χ2v) is 6.98. The zero-order valence-corrected chi connectivity index (χ0v) is 13.2. The number of hydrogen-bond donors (Lipinski definition) is 2. The summed E-state index contributed by atoms with van der Waals surface area (Å²) >= 11 is 1.50. The van der Waals surface area contributed by atoms with Crippen molar-refractivity contribution in [3.05, 3.63) is 40.3 Å². The van der Waals surface area contributed by atoms with Gasteiger partial charge in [0.25, 0.3) is 0 Å². The van der Waals surface area contributed by atoms with E-state index in [4.69, 9.17) is 10.5 Å². The van der Waals surface area contributed by atoms with E-state index in [1.165, 1.54) is 24.5 Å². The van der Waals surface area contributed by atoms with Gasteiger partial charge in [-0.2, -0.15) is 0 Å². The number of aromatic nitrogens is 1. The summed E-state index contributed by atoms with van der Waals surface area (Å²) in [4.78, 5) is 4.22. The fourth-order valence-electron chi connectivity index (χ4n) is 1.80. The van der Waals surface area contributed by atoms with Crippen molar-refractivity contribution in [3.8, 4) is 5.75 Å². The minimum atomic E-state index is -3.64. The lowest BCUT2D eigenvalue weighted by Crippen LogP contribution is -2.26. The van der Waals surface area contributed by atoms with Gasteiger partial charge in [-0.15, -0.1) is 11.3 Å². The van der Waals surface area contributed by atoms with Crippen molar-refractivity contribution < 1.29 is 13.2 Å². The first-order chi connectivity index (χ1) is 10.1. The van der Waals surface area contributed by atoms with Gasteiger partial charge in [0, 0.05) is 31.1 Å². The molecule has 6 nitrogen and oxygen atoms in total. The van der Waals surface area contributed by atoms with Crippen molar-refractivity contribution >= 4 is 21.4 Å². The summed E-state index contributed by atoms with van der Waals surface area (Å²) in [5, 5.41) is 2.75. The molecule has 0 saturated heterocycles. The molecule has 8 heteroatoms. The Morgan fingerprint density at radius 2 is 2.24 bits per heavy atom. The molecular formula is C13H17N3O3S2. The summed E-state index contributed by atoms with van der Waals surface area (Å²) in [6.45, 7) is 0.553. The van der Waals surface area contributed by atoms with Gasteiger partial charge >= 0.3 is 0 Å². The highest BCUT2D eigenvalue weighted by atomic mass is 32.2. The van der Waals surface area contributed by atoms with Crippen LogP contribution in [0, 0.1) is 0 Å². The fraction of sp³-hybridized carbons (Fsp3) is 0.308. The third-order valence-corrected chi connectivity index (χ3v) is 5.19. The number of ether oxygens (including phenoxy) is 1. The number of nitrogens with zero attached hydrogens (tertiary/aromatic N) is 1. The number of nitrogens with one attached hydrogen (secondary N) is 1. The van der Waals surface area contributed by atoms with Crippen LogP contribution >= 0.6 is 11.3 Å². The second-order valence-electron chi connectivity index (χ2n) is 4.26. The quantitative estimate of drug-likeness (QED) is 0.795. The maximum Gasteiger partial charge on any atom is 0.244 e. The van der Waals surface area contributed by atoms with Gasteiger partial charge in [-0.05, 0) is 17.7 Å². The van der Waals surface area contributed by atoms with Gasteiger partial charge in [-0.25, -0.2) is 18.1 Å². The Kier molecular flexibility index (Phi) is 5.29. The predicted octanol–water partition coefficient (Wildman–Crippen LogP) is 1.13. The van der Waals surface area contributed by atoms with E-state index in [0.29, 0.717) is 12.2 Å². The van der Waals surface area contributed by atoms with E-state index in [-0.39, 0.29) is 18.0 Å². The molecule has 21 heavy (non-hydrogen) atoms. The summed E-state index contributed by atoms with van der Waals surface area (Å²) in [7, 11) is -2.21. The number of methoxy groups -OCH3 is 1. The average Bonchev–Trinajstić information content (AvgIpc) is 2.99. The Bertz CT molecular complexity index is 685. The van der Waals surface area contributed by atoms with Crippen LogP contribution in [0.5, 0.6) is 5.75 Å². The highest BCUT2D eigenvalue weighted by molar-refractivity contribution is 7.89. The van der Waals surface area contributed by atoms with E-state index in [9.17, 15) is 8.42 Å². The van der Waals surface area contributed by atoms with Gasteiger partial charge in [0.2, 0.25) is 10.0 Å². The largest absolute Gasteiger partial charge is 0.495 e. The molecule has 0 aliphatic carbocycles. The van der Waals surface area contributed by atoms with Gasteiger partial charge < -0.3 is 10.5 Å². The lowest BCUT2D eigenvalue weighted by Gasteiger charge is -2.11. The molecule has 3 N–H and O–H groups in total. The summed E-state index contributed by atoms with van der Waals surface area (Å²) in [6, 6.07) is 4.88. The Hall–Kier alpha value is -1.48. The molecule has 0 amide bonds. The summed E-state index contributed by atoms with van der Waals surface area (Å²) < 4.78 is 32.4. The third kappa shape index (κ3) is 4.01. The monoisotopic (exact) mass is 327 g/mol. The molecule has 0 radical (unpaired) electrons. The maximum absolute atomic E-state index is 12.4. The van der Waals surface area contributed by atoms with Gasteiger partial charge in [-0.3, -0.25) is 0 Å². The van der Waals surface area contributed by atoms with Crippen molar-refractivity contribution in [2.45, 2.75) is 17.9 Å². The number of thiazole rings is 1. The Morgan fingerprint density at radius 3 is 2.86 bits per heavy atom. The van der Waals surface area contributed by atoms with Crippen LogP contribution in [0.4, 0.5) is 0 Å². The lowest BCUT2D eigenvalue weighted by atomic mass is 10.2. The van der Waals surface area contributed by atoms with Gasteiger partial charge in [0.1, 0.15) is 10.6 Å². The highest BCUT2D eigenvalue weighted by Gasteiger charge is 2.19. The lowest BCUT2D eigenvalue weighted by molar-refractivity contribution is 0.402. The van der Waals surface area contributed by atoms with Crippen LogP contribution in [-0.4, -0.2) is 27.1 Å². The molecule has 0 bridgehead atoms. The second kappa shape index (κ2) is 6.99. The zero-order valence-electron chi connectivity index (χ0n) is 11.6. The molecule has 0 aliphatic heterocycles. The standard InChI is InChI=1S/C13H17N3O3S2/c1-19-11-3-2-10(9-14)8-12(11)21(17,18)16-5-4-13-15-6-7-20-13/h2-3,6-8,16H,4-5,9,14H2,1H3. The average molecular weight is 327 g/mol. The van der Waals surface area contributed by atoms with Crippen LogP contribution < -0.4 is 15.2 Å². The highest BCUT2D eigenvalue weighted by Crippen LogP contribution is 2.24. The smallest absolute Gasteiger partial charge is 0.244 e. The number of benzene rings is 1. The van der Waals surface area contributed by atoms with Gasteiger partial charge in [-0.1, -0.05) is 6.07 Å². The normalized spacial score (nSPS) is 11.5. The van der Waals surface area contributed by atoms with E-state index in [0.717, 1.165) is 10.6 Å². The van der Waals surface area contributed by atoms with E-state index >= 15 is 0 Å². The van der Waals surface area contributed by atoms with Crippen LogP contribution in [0.15, 0.2) is 34.7 Å². The van der Waals surface area contributed by atoms with Gasteiger partial charge in [0.15, 0.2) is 0 Å². The first-order valence-electron chi connectivity index (χ1n) is 6.32. The number of sulfonamides is 1. The Morgan fingerprint density at radius 1 is 1.43 bits per heavy atom. The number of nitrogens with two attached hydrogens (primary N) is 1. The zero-order chi connectivity index (χ0) is 15.3. The molecule has 0 spiro atoms. The molecule has 0 fully saturated rings. The molecule has 1 aromatic carbocycles. The molecular weight excluding hydrogens is 310 g/mol. The fourth-order valence-corrected chi connectivity index (χ4v) is 3.67.